The zero-order chi connectivity index (χ0) is 8.72. The van der Waals surface area contributed by atoms with Crippen LogP contribution in [-0.2, 0) is 4.65 Å². The van der Waals surface area contributed by atoms with Gasteiger partial charge in [0.15, 0.2) is 0 Å². The molecule has 1 unspecified atom stereocenters. The highest BCUT2D eigenvalue weighted by atomic mass is 19.1. The van der Waals surface area contributed by atoms with Crippen molar-refractivity contribution in [3.63, 3.8) is 0 Å². The Morgan fingerprint density at radius 1 is 1.67 bits per heavy atom. The highest BCUT2D eigenvalue weighted by Crippen LogP contribution is 2.23. The van der Waals surface area contributed by atoms with Crippen molar-refractivity contribution in [3.8, 4) is 0 Å². The molecule has 0 bridgehead atoms. The standard InChI is InChI=1S/C7H7BFNO2/c1-4-7-5(8(11)12-4)2-10-3-6(7)9/h2-4,11H,1H3. The summed E-state index contributed by atoms with van der Waals surface area (Å²) in [4.78, 5) is 3.63. The van der Waals surface area contributed by atoms with E-state index in [1.165, 1.54) is 6.20 Å². The number of hydrogen-bond acceptors (Lipinski definition) is 3. The lowest BCUT2D eigenvalue weighted by molar-refractivity contribution is 0.205. The molecule has 1 aromatic heterocycles. The molecular formula is C7H7BFNO2. The number of hydrogen-bond donors (Lipinski definition) is 1. The lowest BCUT2D eigenvalue weighted by Gasteiger charge is -2.03. The van der Waals surface area contributed by atoms with Crippen LogP contribution in [0.1, 0.15) is 18.6 Å². The summed E-state index contributed by atoms with van der Waals surface area (Å²) in [5.74, 6) is -0.420. The van der Waals surface area contributed by atoms with Gasteiger partial charge < -0.3 is 9.68 Å². The summed E-state index contributed by atoms with van der Waals surface area (Å²) < 4.78 is 18.0. The van der Waals surface area contributed by atoms with E-state index < -0.39 is 19.0 Å². The third kappa shape index (κ3) is 0.938. The predicted octanol–water partition coefficient (Wildman–Crippen LogP) is -0.000600. The Bertz CT molecular complexity index is 320. The van der Waals surface area contributed by atoms with Crippen LogP contribution >= 0.6 is 0 Å². The van der Waals surface area contributed by atoms with Crippen molar-refractivity contribution in [1.29, 1.82) is 0 Å². The molecule has 1 aliphatic heterocycles. The van der Waals surface area contributed by atoms with Gasteiger partial charge in [-0.3, -0.25) is 4.98 Å². The minimum Gasteiger partial charge on any atom is -0.423 e. The minimum atomic E-state index is -1.03. The first-order chi connectivity index (χ1) is 5.70. The molecule has 0 aromatic carbocycles. The molecule has 0 spiro atoms. The summed E-state index contributed by atoms with van der Waals surface area (Å²) in [7, 11) is -1.03. The second kappa shape index (κ2) is 2.53. The maximum absolute atomic E-state index is 13.1. The Balaban J connectivity index is 2.59. The third-order valence-corrected chi connectivity index (χ3v) is 1.98. The quantitative estimate of drug-likeness (QED) is 0.553. The molecule has 0 fully saturated rings. The normalized spacial score (nSPS) is 21.2. The van der Waals surface area contributed by atoms with Crippen LogP contribution in [0.25, 0.3) is 0 Å². The topological polar surface area (TPSA) is 42.4 Å². The first kappa shape index (κ1) is 7.70. The van der Waals surface area contributed by atoms with Gasteiger partial charge >= 0.3 is 7.12 Å². The number of rotatable bonds is 0. The molecular weight excluding hydrogens is 160 g/mol. The fraction of sp³-hybridized carbons (Fsp3) is 0.286. The molecule has 0 amide bonds. The SMILES string of the molecule is CC1OB(O)c2cncc(F)c21. The second-order valence-corrected chi connectivity index (χ2v) is 2.75. The van der Waals surface area contributed by atoms with Crippen molar-refractivity contribution in [1.82, 2.24) is 4.98 Å². The number of pyridine rings is 1. The molecule has 1 N–H and O–H groups in total. The van der Waals surface area contributed by atoms with E-state index in [-0.39, 0.29) is 0 Å². The first-order valence-electron chi connectivity index (χ1n) is 3.67. The van der Waals surface area contributed by atoms with Gasteiger partial charge in [0, 0.05) is 17.2 Å². The van der Waals surface area contributed by atoms with Gasteiger partial charge in [-0.2, -0.15) is 0 Å². The van der Waals surface area contributed by atoms with Gasteiger partial charge in [-0.15, -0.1) is 0 Å². The summed E-state index contributed by atoms with van der Waals surface area (Å²) in [6.07, 6.45) is 2.15. The molecule has 2 heterocycles. The maximum atomic E-state index is 13.1. The summed E-state index contributed by atoms with van der Waals surface area (Å²) in [5.41, 5.74) is 0.847. The highest BCUT2D eigenvalue weighted by Gasteiger charge is 2.34. The van der Waals surface area contributed by atoms with Crippen LogP contribution in [0.4, 0.5) is 4.39 Å². The van der Waals surface area contributed by atoms with Crippen LogP contribution in [0.3, 0.4) is 0 Å². The molecule has 0 saturated heterocycles. The lowest BCUT2D eigenvalue weighted by Crippen LogP contribution is -2.28. The highest BCUT2D eigenvalue weighted by molar-refractivity contribution is 6.61. The van der Waals surface area contributed by atoms with Crippen molar-refractivity contribution >= 4 is 12.6 Å². The smallest absolute Gasteiger partial charge is 0.423 e. The Kier molecular flexibility index (Phi) is 1.63. The van der Waals surface area contributed by atoms with Crippen molar-refractivity contribution < 1.29 is 14.1 Å². The monoisotopic (exact) mass is 167 g/mol. The second-order valence-electron chi connectivity index (χ2n) is 2.75. The number of aromatic nitrogens is 1. The molecule has 62 valence electrons. The fourth-order valence-electron chi connectivity index (χ4n) is 1.42. The summed E-state index contributed by atoms with van der Waals surface area (Å²) in [6, 6.07) is 0. The zero-order valence-electron chi connectivity index (χ0n) is 6.49. The van der Waals surface area contributed by atoms with E-state index in [1.807, 2.05) is 0 Å². The average molecular weight is 167 g/mol. The van der Waals surface area contributed by atoms with Gasteiger partial charge in [0.25, 0.3) is 0 Å². The van der Waals surface area contributed by atoms with E-state index in [1.54, 1.807) is 6.92 Å². The van der Waals surface area contributed by atoms with Crippen LogP contribution in [0.2, 0.25) is 0 Å². The number of halogens is 1. The molecule has 0 radical (unpaired) electrons. The Labute approximate surface area is 69.3 Å². The van der Waals surface area contributed by atoms with Gasteiger partial charge in [0.1, 0.15) is 5.82 Å². The van der Waals surface area contributed by atoms with E-state index in [0.29, 0.717) is 11.0 Å². The predicted molar refractivity (Wildman–Crippen MR) is 41.3 cm³/mol. The largest absolute Gasteiger partial charge is 0.493 e. The molecule has 1 aliphatic rings. The molecule has 12 heavy (non-hydrogen) atoms. The number of nitrogens with zero attached hydrogens (tertiary/aromatic N) is 1. The van der Waals surface area contributed by atoms with Crippen LogP contribution in [0.15, 0.2) is 12.4 Å². The Morgan fingerprint density at radius 2 is 2.42 bits per heavy atom. The van der Waals surface area contributed by atoms with E-state index in [2.05, 4.69) is 4.98 Å². The number of fused-ring (bicyclic) bond motifs is 1. The third-order valence-electron chi connectivity index (χ3n) is 1.98. The summed E-state index contributed by atoms with van der Waals surface area (Å²) in [5, 5.41) is 9.25. The fourth-order valence-corrected chi connectivity index (χ4v) is 1.42. The van der Waals surface area contributed by atoms with Gasteiger partial charge in [-0.1, -0.05) is 0 Å². The molecule has 1 aromatic rings. The summed E-state index contributed by atoms with van der Waals surface area (Å²) >= 11 is 0. The van der Waals surface area contributed by atoms with Crippen molar-refractivity contribution in [2.45, 2.75) is 13.0 Å². The van der Waals surface area contributed by atoms with Crippen molar-refractivity contribution in [3.05, 3.63) is 23.8 Å². The van der Waals surface area contributed by atoms with Crippen LogP contribution in [0.5, 0.6) is 0 Å². The summed E-state index contributed by atoms with van der Waals surface area (Å²) in [6.45, 7) is 1.69. The van der Waals surface area contributed by atoms with Gasteiger partial charge in [-0.05, 0) is 6.92 Å². The van der Waals surface area contributed by atoms with Gasteiger partial charge in [0.2, 0.25) is 0 Å². The van der Waals surface area contributed by atoms with Crippen LogP contribution in [0, 0.1) is 5.82 Å². The molecule has 0 aliphatic carbocycles. The van der Waals surface area contributed by atoms with E-state index >= 15 is 0 Å². The Morgan fingerprint density at radius 3 is 3.08 bits per heavy atom. The maximum Gasteiger partial charge on any atom is 0.493 e. The molecule has 3 nitrogen and oxygen atoms in total. The Hall–Kier alpha value is -0.935. The molecule has 0 saturated carbocycles. The van der Waals surface area contributed by atoms with E-state index in [0.717, 1.165) is 6.20 Å². The van der Waals surface area contributed by atoms with Crippen molar-refractivity contribution in [2.75, 3.05) is 0 Å². The molecule has 2 rings (SSSR count). The van der Waals surface area contributed by atoms with Gasteiger partial charge in [0.05, 0.1) is 12.3 Å². The zero-order valence-corrected chi connectivity index (χ0v) is 6.49. The van der Waals surface area contributed by atoms with E-state index in [9.17, 15) is 9.41 Å². The lowest BCUT2D eigenvalue weighted by atomic mass is 9.80. The van der Waals surface area contributed by atoms with Crippen LogP contribution < -0.4 is 5.46 Å². The van der Waals surface area contributed by atoms with Crippen LogP contribution in [-0.4, -0.2) is 17.1 Å². The molecule has 5 heteroatoms. The van der Waals surface area contributed by atoms with Crippen molar-refractivity contribution in [2.24, 2.45) is 0 Å². The minimum absolute atomic E-state index is 0.391. The first-order valence-corrected chi connectivity index (χ1v) is 3.67. The molecule has 1 atom stereocenters. The van der Waals surface area contributed by atoms with Gasteiger partial charge in [-0.25, -0.2) is 4.39 Å². The van der Waals surface area contributed by atoms with E-state index in [4.69, 9.17) is 4.65 Å². The average Bonchev–Trinajstić information content (AvgIpc) is 2.29.